The fraction of sp³-hybridized carbons (Fsp3) is 0.450. The number of hydrogen-bond donors (Lipinski definition) is 0. The minimum Gasteiger partial charge on any atom is -0.338 e. The summed E-state index contributed by atoms with van der Waals surface area (Å²) < 4.78 is 0. The molecule has 1 atom stereocenters. The van der Waals surface area contributed by atoms with E-state index in [9.17, 15) is 4.79 Å². The number of hydrogen-bond acceptors (Lipinski definition) is 4. The standard InChI is InChI=1S/C20H24N4O/c25-19(17-5-3-9-21-13-17)24-11-4-7-20(16-24)8-12-23(15-20)14-18-6-1-2-10-22-18/h1-3,5-6,9-10,13H,4,7-8,11-12,14-16H2/t20-/m1/s1. The molecule has 2 aromatic rings. The van der Waals surface area contributed by atoms with Crippen molar-refractivity contribution in [3.63, 3.8) is 0 Å². The van der Waals surface area contributed by atoms with Crippen LogP contribution >= 0.6 is 0 Å². The van der Waals surface area contributed by atoms with Crippen molar-refractivity contribution in [3.8, 4) is 0 Å². The first-order valence-corrected chi connectivity index (χ1v) is 9.06. The molecule has 0 bridgehead atoms. The minimum atomic E-state index is 0.121. The van der Waals surface area contributed by atoms with Gasteiger partial charge in [-0.3, -0.25) is 19.7 Å². The van der Waals surface area contributed by atoms with E-state index in [1.807, 2.05) is 35.4 Å². The summed E-state index contributed by atoms with van der Waals surface area (Å²) in [7, 11) is 0. The fourth-order valence-electron chi connectivity index (χ4n) is 4.27. The van der Waals surface area contributed by atoms with Crippen molar-refractivity contribution in [1.82, 2.24) is 19.8 Å². The van der Waals surface area contributed by atoms with Crippen molar-refractivity contribution in [3.05, 3.63) is 60.2 Å². The fourth-order valence-corrected chi connectivity index (χ4v) is 4.27. The molecule has 130 valence electrons. The lowest BCUT2D eigenvalue weighted by molar-refractivity contribution is 0.0526. The number of piperidine rings is 1. The van der Waals surface area contributed by atoms with E-state index in [4.69, 9.17) is 0 Å². The zero-order valence-electron chi connectivity index (χ0n) is 14.5. The van der Waals surface area contributed by atoms with Gasteiger partial charge in [0.25, 0.3) is 5.91 Å². The Hall–Kier alpha value is -2.27. The number of amides is 1. The second-order valence-corrected chi connectivity index (χ2v) is 7.35. The smallest absolute Gasteiger partial charge is 0.255 e. The summed E-state index contributed by atoms with van der Waals surface area (Å²) in [6.45, 7) is 4.76. The highest BCUT2D eigenvalue weighted by Crippen LogP contribution is 2.39. The third-order valence-corrected chi connectivity index (χ3v) is 5.49. The Balaban J connectivity index is 1.42. The predicted octanol–water partition coefficient (Wildman–Crippen LogP) is 2.60. The Morgan fingerprint density at radius 3 is 2.84 bits per heavy atom. The van der Waals surface area contributed by atoms with E-state index >= 15 is 0 Å². The van der Waals surface area contributed by atoms with Crippen LogP contribution < -0.4 is 0 Å². The molecule has 0 unspecified atom stereocenters. The Morgan fingerprint density at radius 2 is 2.04 bits per heavy atom. The van der Waals surface area contributed by atoms with Gasteiger partial charge in [0.05, 0.1) is 11.3 Å². The van der Waals surface area contributed by atoms with Crippen LogP contribution in [0, 0.1) is 5.41 Å². The van der Waals surface area contributed by atoms with Crippen molar-refractivity contribution in [2.24, 2.45) is 5.41 Å². The second kappa shape index (κ2) is 6.92. The van der Waals surface area contributed by atoms with E-state index in [2.05, 4.69) is 20.9 Å². The normalized spacial score (nSPS) is 23.9. The predicted molar refractivity (Wildman–Crippen MR) is 95.9 cm³/mol. The quantitative estimate of drug-likeness (QED) is 0.864. The van der Waals surface area contributed by atoms with E-state index in [0.29, 0.717) is 5.56 Å². The highest BCUT2D eigenvalue weighted by molar-refractivity contribution is 5.94. The first-order valence-electron chi connectivity index (χ1n) is 9.06. The summed E-state index contributed by atoms with van der Waals surface area (Å²) in [5.74, 6) is 0.121. The molecule has 5 heteroatoms. The maximum atomic E-state index is 12.8. The highest BCUT2D eigenvalue weighted by atomic mass is 16.2. The average Bonchev–Trinajstić information content (AvgIpc) is 3.04. The highest BCUT2D eigenvalue weighted by Gasteiger charge is 2.42. The Kier molecular flexibility index (Phi) is 4.49. The molecule has 0 N–H and O–H groups in total. The largest absolute Gasteiger partial charge is 0.338 e. The van der Waals surface area contributed by atoms with Crippen LogP contribution in [0.2, 0.25) is 0 Å². The van der Waals surface area contributed by atoms with E-state index in [-0.39, 0.29) is 11.3 Å². The number of pyridine rings is 2. The molecule has 0 aliphatic carbocycles. The average molecular weight is 336 g/mol. The summed E-state index contributed by atoms with van der Waals surface area (Å²) in [5.41, 5.74) is 2.06. The van der Waals surface area contributed by atoms with Crippen LogP contribution in [0.5, 0.6) is 0 Å². The molecule has 1 amide bonds. The zero-order chi connectivity index (χ0) is 17.1. The molecule has 0 aromatic carbocycles. The van der Waals surface area contributed by atoms with Crippen molar-refractivity contribution in [2.45, 2.75) is 25.8 Å². The first-order chi connectivity index (χ1) is 12.2. The molecule has 25 heavy (non-hydrogen) atoms. The monoisotopic (exact) mass is 336 g/mol. The van der Waals surface area contributed by atoms with Gasteiger partial charge in [0.2, 0.25) is 0 Å². The van der Waals surface area contributed by atoms with Crippen molar-refractivity contribution < 1.29 is 4.79 Å². The molecule has 2 aliphatic rings. The molecule has 1 spiro atoms. The Labute approximate surface area is 148 Å². The van der Waals surface area contributed by atoms with Crippen molar-refractivity contribution in [2.75, 3.05) is 26.2 Å². The molecular formula is C20H24N4O. The van der Waals surface area contributed by atoms with Crippen LogP contribution in [0.1, 0.15) is 35.3 Å². The lowest BCUT2D eigenvalue weighted by Gasteiger charge is -2.40. The van der Waals surface area contributed by atoms with E-state index < -0.39 is 0 Å². The lowest BCUT2D eigenvalue weighted by Crippen LogP contribution is -2.47. The van der Waals surface area contributed by atoms with Crippen LogP contribution in [0.25, 0.3) is 0 Å². The number of likely N-dealkylation sites (tertiary alicyclic amines) is 2. The van der Waals surface area contributed by atoms with E-state index in [0.717, 1.165) is 51.3 Å². The third kappa shape index (κ3) is 3.56. The molecule has 2 aromatic heterocycles. The summed E-state index contributed by atoms with van der Waals surface area (Å²) in [6, 6.07) is 9.78. The Morgan fingerprint density at radius 1 is 1.08 bits per heavy atom. The van der Waals surface area contributed by atoms with Crippen molar-refractivity contribution >= 4 is 5.91 Å². The first kappa shape index (κ1) is 16.2. The number of carbonyl (C=O) groups is 1. The van der Waals surface area contributed by atoms with Gasteiger partial charge in [0.1, 0.15) is 0 Å². The third-order valence-electron chi connectivity index (χ3n) is 5.49. The zero-order valence-corrected chi connectivity index (χ0v) is 14.5. The van der Waals surface area contributed by atoms with E-state index in [1.54, 1.807) is 12.4 Å². The van der Waals surface area contributed by atoms with Gasteiger partial charge >= 0.3 is 0 Å². The molecule has 4 rings (SSSR count). The molecule has 4 heterocycles. The molecule has 0 radical (unpaired) electrons. The number of rotatable bonds is 3. The second-order valence-electron chi connectivity index (χ2n) is 7.35. The minimum absolute atomic E-state index is 0.121. The molecule has 0 saturated carbocycles. The van der Waals surface area contributed by atoms with Crippen LogP contribution in [0.4, 0.5) is 0 Å². The van der Waals surface area contributed by atoms with Gasteiger partial charge in [-0.1, -0.05) is 6.07 Å². The van der Waals surface area contributed by atoms with E-state index in [1.165, 1.54) is 6.42 Å². The van der Waals surface area contributed by atoms with Crippen molar-refractivity contribution in [1.29, 1.82) is 0 Å². The van der Waals surface area contributed by atoms with Crippen LogP contribution in [0.15, 0.2) is 48.9 Å². The Bertz CT molecular complexity index is 721. The molecule has 5 nitrogen and oxygen atoms in total. The number of nitrogens with zero attached hydrogens (tertiary/aromatic N) is 4. The molecular weight excluding hydrogens is 312 g/mol. The summed E-state index contributed by atoms with van der Waals surface area (Å²) in [6.07, 6.45) is 8.70. The van der Waals surface area contributed by atoms with Crippen LogP contribution in [-0.4, -0.2) is 51.9 Å². The van der Waals surface area contributed by atoms with Gasteiger partial charge in [-0.2, -0.15) is 0 Å². The maximum absolute atomic E-state index is 12.8. The SMILES string of the molecule is O=C(c1cccnc1)N1CCC[C@]2(CCN(Cc3ccccn3)C2)C1. The van der Waals surface area contributed by atoms with Gasteiger partial charge < -0.3 is 4.90 Å². The topological polar surface area (TPSA) is 49.3 Å². The number of aromatic nitrogens is 2. The maximum Gasteiger partial charge on any atom is 0.255 e. The van der Waals surface area contributed by atoms with Gasteiger partial charge in [-0.15, -0.1) is 0 Å². The van der Waals surface area contributed by atoms with Gasteiger partial charge in [0, 0.05) is 50.2 Å². The molecule has 2 aliphatic heterocycles. The summed E-state index contributed by atoms with van der Waals surface area (Å²) >= 11 is 0. The lowest BCUT2D eigenvalue weighted by atomic mass is 9.79. The van der Waals surface area contributed by atoms with Crippen LogP contribution in [0.3, 0.4) is 0 Å². The summed E-state index contributed by atoms with van der Waals surface area (Å²) in [5, 5.41) is 0. The van der Waals surface area contributed by atoms with Gasteiger partial charge in [-0.25, -0.2) is 0 Å². The molecule has 2 fully saturated rings. The summed E-state index contributed by atoms with van der Waals surface area (Å²) in [4.78, 5) is 25.8. The van der Waals surface area contributed by atoms with Gasteiger partial charge in [0.15, 0.2) is 0 Å². The molecule has 2 saturated heterocycles. The number of carbonyl (C=O) groups excluding carboxylic acids is 1. The van der Waals surface area contributed by atoms with Crippen LogP contribution in [-0.2, 0) is 6.54 Å². The van der Waals surface area contributed by atoms with Gasteiger partial charge in [-0.05, 0) is 50.1 Å².